The number of methoxy groups -OCH3 is 1. The van der Waals surface area contributed by atoms with Crippen LogP contribution in [-0.2, 0) is 0 Å². The molecule has 1 aromatic rings. The molecule has 0 heterocycles. The first-order valence-electron chi connectivity index (χ1n) is 5.37. The number of halogens is 1. The first-order chi connectivity index (χ1) is 7.29. The first kappa shape index (κ1) is 10.8. The second kappa shape index (κ2) is 4.88. The predicted molar refractivity (Wildman–Crippen MR) is 66.5 cm³/mol. The number of nitrogens with one attached hydrogen (secondary N) is 1. The van der Waals surface area contributed by atoms with Crippen molar-refractivity contribution in [2.24, 2.45) is 5.92 Å². The fourth-order valence-corrected chi connectivity index (χ4v) is 2.28. The van der Waals surface area contributed by atoms with E-state index in [1.807, 2.05) is 6.07 Å². The lowest BCUT2D eigenvalue weighted by Gasteiger charge is -2.25. The summed E-state index contributed by atoms with van der Waals surface area (Å²) < 4.78 is 6.19. The van der Waals surface area contributed by atoms with Crippen LogP contribution in [0.3, 0.4) is 0 Å². The lowest BCUT2D eigenvalue weighted by molar-refractivity contribution is 0.333. The number of ether oxygens (including phenoxy) is 1. The van der Waals surface area contributed by atoms with Crippen molar-refractivity contribution in [3.63, 3.8) is 0 Å². The summed E-state index contributed by atoms with van der Waals surface area (Å²) in [5.74, 6) is 1.76. The highest BCUT2D eigenvalue weighted by Crippen LogP contribution is 2.29. The predicted octanol–water partition coefficient (Wildman–Crippen LogP) is 3.67. The molecule has 1 fully saturated rings. The van der Waals surface area contributed by atoms with Crippen molar-refractivity contribution in [3.8, 4) is 5.75 Å². The van der Waals surface area contributed by atoms with Crippen LogP contribution in [0.1, 0.15) is 19.3 Å². The minimum atomic E-state index is 0.879. The van der Waals surface area contributed by atoms with Crippen molar-refractivity contribution in [1.29, 1.82) is 0 Å². The van der Waals surface area contributed by atoms with Gasteiger partial charge in [-0.05, 0) is 52.9 Å². The Kier molecular flexibility index (Phi) is 3.52. The molecule has 82 valence electrons. The van der Waals surface area contributed by atoms with Gasteiger partial charge in [0.2, 0.25) is 0 Å². The number of hydrogen-bond donors (Lipinski definition) is 1. The van der Waals surface area contributed by atoms with E-state index < -0.39 is 0 Å². The Morgan fingerprint density at radius 1 is 1.47 bits per heavy atom. The van der Waals surface area contributed by atoms with Crippen LogP contribution in [-0.4, -0.2) is 13.7 Å². The van der Waals surface area contributed by atoms with Crippen LogP contribution in [0.15, 0.2) is 22.7 Å². The van der Waals surface area contributed by atoms with E-state index in [1.165, 1.54) is 19.3 Å². The van der Waals surface area contributed by atoms with Crippen LogP contribution in [0, 0.1) is 5.92 Å². The van der Waals surface area contributed by atoms with E-state index in [0.29, 0.717) is 0 Å². The van der Waals surface area contributed by atoms with Crippen molar-refractivity contribution in [3.05, 3.63) is 22.7 Å². The molecule has 0 aliphatic heterocycles. The quantitative estimate of drug-likeness (QED) is 0.901. The molecule has 1 saturated carbocycles. The molecule has 0 radical (unpaired) electrons. The molecule has 0 amide bonds. The molecule has 0 atom stereocenters. The molecule has 15 heavy (non-hydrogen) atoms. The lowest BCUT2D eigenvalue weighted by atomic mass is 9.85. The standard InChI is InChI=1S/C12H16BrNO/c1-15-12-6-5-10(7-11(12)13)14-8-9-3-2-4-9/h5-7,9,14H,2-4,8H2,1H3. The van der Waals surface area contributed by atoms with Crippen LogP contribution < -0.4 is 10.1 Å². The molecule has 1 aliphatic rings. The van der Waals surface area contributed by atoms with E-state index in [0.717, 1.165) is 28.4 Å². The Bertz CT molecular complexity index is 336. The minimum Gasteiger partial charge on any atom is -0.496 e. The van der Waals surface area contributed by atoms with E-state index >= 15 is 0 Å². The lowest BCUT2D eigenvalue weighted by Crippen LogP contribution is -2.20. The van der Waals surface area contributed by atoms with Gasteiger partial charge < -0.3 is 10.1 Å². The topological polar surface area (TPSA) is 21.3 Å². The molecular formula is C12H16BrNO. The van der Waals surface area contributed by atoms with E-state index in [2.05, 4.69) is 33.4 Å². The van der Waals surface area contributed by atoms with Crippen molar-refractivity contribution in [1.82, 2.24) is 0 Å². The van der Waals surface area contributed by atoms with Gasteiger partial charge in [-0.15, -0.1) is 0 Å². The zero-order chi connectivity index (χ0) is 10.7. The fourth-order valence-electron chi connectivity index (χ4n) is 1.74. The second-order valence-corrected chi connectivity index (χ2v) is 4.88. The third kappa shape index (κ3) is 2.65. The maximum Gasteiger partial charge on any atom is 0.133 e. The fraction of sp³-hybridized carbons (Fsp3) is 0.500. The molecule has 2 nitrogen and oxygen atoms in total. The van der Waals surface area contributed by atoms with Gasteiger partial charge in [-0.25, -0.2) is 0 Å². The average Bonchev–Trinajstić information content (AvgIpc) is 2.16. The summed E-state index contributed by atoms with van der Waals surface area (Å²) in [6.07, 6.45) is 4.16. The van der Waals surface area contributed by atoms with Crippen LogP contribution in [0.25, 0.3) is 0 Å². The molecule has 1 aromatic carbocycles. The minimum absolute atomic E-state index is 0.879. The van der Waals surface area contributed by atoms with Gasteiger partial charge in [0.05, 0.1) is 11.6 Å². The number of rotatable bonds is 4. The molecule has 2 rings (SSSR count). The van der Waals surface area contributed by atoms with Crippen molar-refractivity contribution in [2.45, 2.75) is 19.3 Å². The molecular weight excluding hydrogens is 254 g/mol. The van der Waals surface area contributed by atoms with Gasteiger partial charge in [0.25, 0.3) is 0 Å². The van der Waals surface area contributed by atoms with E-state index in [4.69, 9.17) is 4.74 Å². The Labute approximate surface area is 99.1 Å². The highest BCUT2D eigenvalue weighted by molar-refractivity contribution is 9.10. The highest BCUT2D eigenvalue weighted by atomic mass is 79.9. The van der Waals surface area contributed by atoms with Crippen LogP contribution in [0.2, 0.25) is 0 Å². The van der Waals surface area contributed by atoms with Gasteiger partial charge in [0.15, 0.2) is 0 Å². The zero-order valence-electron chi connectivity index (χ0n) is 8.92. The molecule has 0 unspecified atom stereocenters. The van der Waals surface area contributed by atoms with Gasteiger partial charge in [-0.2, -0.15) is 0 Å². The van der Waals surface area contributed by atoms with Gasteiger partial charge >= 0.3 is 0 Å². The van der Waals surface area contributed by atoms with E-state index in [9.17, 15) is 0 Å². The summed E-state index contributed by atoms with van der Waals surface area (Å²) in [6.45, 7) is 1.10. The Morgan fingerprint density at radius 3 is 2.80 bits per heavy atom. The molecule has 1 N–H and O–H groups in total. The summed E-state index contributed by atoms with van der Waals surface area (Å²) in [7, 11) is 1.68. The highest BCUT2D eigenvalue weighted by Gasteiger charge is 2.16. The summed E-state index contributed by atoms with van der Waals surface area (Å²) in [5.41, 5.74) is 1.16. The second-order valence-electron chi connectivity index (χ2n) is 4.03. The maximum atomic E-state index is 5.18. The van der Waals surface area contributed by atoms with Gasteiger partial charge in [-0.3, -0.25) is 0 Å². The molecule has 0 aromatic heterocycles. The monoisotopic (exact) mass is 269 g/mol. The summed E-state index contributed by atoms with van der Waals surface area (Å²) >= 11 is 3.48. The smallest absolute Gasteiger partial charge is 0.133 e. The van der Waals surface area contributed by atoms with Gasteiger partial charge in [0.1, 0.15) is 5.75 Å². The largest absolute Gasteiger partial charge is 0.496 e. The van der Waals surface area contributed by atoms with Crippen molar-refractivity contribution >= 4 is 21.6 Å². The molecule has 3 heteroatoms. The Hall–Kier alpha value is -0.700. The normalized spacial score (nSPS) is 15.9. The maximum absolute atomic E-state index is 5.18. The van der Waals surface area contributed by atoms with Crippen LogP contribution in [0.4, 0.5) is 5.69 Å². The molecule has 0 saturated heterocycles. The van der Waals surface area contributed by atoms with Crippen molar-refractivity contribution < 1.29 is 4.74 Å². The number of benzene rings is 1. The number of hydrogen-bond acceptors (Lipinski definition) is 2. The molecule has 0 bridgehead atoms. The summed E-state index contributed by atoms with van der Waals surface area (Å²) in [4.78, 5) is 0. The van der Waals surface area contributed by atoms with E-state index in [1.54, 1.807) is 7.11 Å². The average molecular weight is 270 g/mol. The molecule has 1 aliphatic carbocycles. The summed E-state index contributed by atoms with van der Waals surface area (Å²) in [5, 5.41) is 3.45. The third-order valence-corrected chi connectivity index (χ3v) is 3.59. The molecule has 0 spiro atoms. The Balaban J connectivity index is 1.93. The van der Waals surface area contributed by atoms with Gasteiger partial charge in [-0.1, -0.05) is 6.42 Å². The van der Waals surface area contributed by atoms with E-state index in [-0.39, 0.29) is 0 Å². The third-order valence-electron chi connectivity index (χ3n) is 2.97. The van der Waals surface area contributed by atoms with Gasteiger partial charge in [0, 0.05) is 12.2 Å². The number of anilines is 1. The zero-order valence-corrected chi connectivity index (χ0v) is 10.5. The first-order valence-corrected chi connectivity index (χ1v) is 6.16. The van der Waals surface area contributed by atoms with Crippen LogP contribution in [0.5, 0.6) is 5.75 Å². The summed E-state index contributed by atoms with van der Waals surface area (Å²) in [6, 6.07) is 6.10. The Morgan fingerprint density at radius 2 is 2.27 bits per heavy atom. The van der Waals surface area contributed by atoms with Crippen LogP contribution >= 0.6 is 15.9 Å². The van der Waals surface area contributed by atoms with Crippen molar-refractivity contribution in [2.75, 3.05) is 19.0 Å². The SMILES string of the molecule is COc1ccc(NCC2CCC2)cc1Br.